The average molecular weight is 463 g/mol. The highest BCUT2D eigenvalue weighted by Crippen LogP contribution is 2.30. The van der Waals surface area contributed by atoms with E-state index in [2.05, 4.69) is 23.5 Å². The number of ether oxygens (including phenoxy) is 2. The second kappa shape index (κ2) is 10.6. The molecule has 0 fully saturated rings. The number of rotatable bonds is 7. The number of hydrogen-bond acceptors (Lipinski definition) is 4. The number of fused-ring (bicyclic) bond motifs is 1. The normalized spacial score (nSPS) is 11.1. The van der Waals surface area contributed by atoms with Crippen LogP contribution in [-0.4, -0.2) is 13.0 Å². The van der Waals surface area contributed by atoms with E-state index in [0.29, 0.717) is 29.4 Å². The van der Waals surface area contributed by atoms with Gasteiger partial charge in [-0.15, -0.1) is 0 Å². The zero-order valence-corrected chi connectivity index (χ0v) is 20.0. The fraction of sp³-hybridized carbons (Fsp3) is 0.133. The van der Waals surface area contributed by atoms with E-state index >= 15 is 0 Å². The number of nitrogens with one attached hydrogen (secondary N) is 1. The van der Waals surface area contributed by atoms with Gasteiger partial charge in [-0.3, -0.25) is 4.79 Å². The number of benzene rings is 4. The summed E-state index contributed by atoms with van der Waals surface area (Å²) >= 11 is 0. The number of carbonyl (C=O) groups is 1. The predicted molar refractivity (Wildman–Crippen MR) is 139 cm³/mol. The standard InChI is InChI=1S/C30H26N2O3/c1-20-11-12-21(2)27(15-20)32-30(33)25(18-31)16-22-13-14-28(29(17-22)34-3)35-19-24-9-6-8-23-7-4-5-10-26(23)24/h4-17H,19H2,1-3H3,(H,32,33)/b25-16+. The first-order valence-electron chi connectivity index (χ1n) is 11.3. The van der Waals surface area contributed by atoms with Crippen molar-refractivity contribution in [2.75, 3.05) is 12.4 Å². The second-order valence-electron chi connectivity index (χ2n) is 8.28. The van der Waals surface area contributed by atoms with Gasteiger partial charge in [-0.25, -0.2) is 0 Å². The summed E-state index contributed by atoms with van der Waals surface area (Å²) in [5.74, 6) is 0.638. The zero-order chi connectivity index (χ0) is 24.8. The molecule has 0 atom stereocenters. The van der Waals surface area contributed by atoms with Gasteiger partial charge < -0.3 is 14.8 Å². The molecule has 0 aliphatic heterocycles. The molecule has 0 saturated carbocycles. The smallest absolute Gasteiger partial charge is 0.266 e. The minimum absolute atomic E-state index is 0.00242. The van der Waals surface area contributed by atoms with Gasteiger partial charge in [-0.2, -0.15) is 5.26 Å². The molecule has 4 aromatic carbocycles. The van der Waals surface area contributed by atoms with Crippen LogP contribution >= 0.6 is 0 Å². The number of nitrogens with zero attached hydrogens (tertiary/aromatic N) is 1. The van der Waals surface area contributed by atoms with Gasteiger partial charge in [-0.05, 0) is 71.1 Å². The molecule has 0 bridgehead atoms. The summed E-state index contributed by atoms with van der Waals surface area (Å²) < 4.78 is 11.6. The molecule has 0 aromatic heterocycles. The Hall–Kier alpha value is -4.56. The molecular weight excluding hydrogens is 436 g/mol. The van der Waals surface area contributed by atoms with Crippen LogP contribution in [0.1, 0.15) is 22.3 Å². The molecular formula is C30H26N2O3. The van der Waals surface area contributed by atoms with Crippen LogP contribution in [0.15, 0.2) is 84.4 Å². The van der Waals surface area contributed by atoms with E-state index in [1.165, 1.54) is 6.08 Å². The Morgan fingerprint density at radius 1 is 0.971 bits per heavy atom. The van der Waals surface area contributed by atoms with Crippen molar-refractivity contribution in [3.05, 3.63) is 107 Å². The van der Waals surface area contributed by atoms with Crippen molar-refractivity contribution in [1.29, 1.82) is 5.26 Å². The van der Waals surface area contributed by atoms with Crippen LogP contribution in [0.4, 0.5) is 5.69 Å². The highest BCUT2D eigenvalue weighted by atomic mass is 16.5. The van der Waals surface area contributed by atoms with E-state index in [4.69, 9.17) is 9.47 Å². The van der Waals surface area contributed by atoms with Crippen LogP contribution in [0, 0.1) is 25.2 Å². The number of carbonyl (C=O) groups excluding carboxylic acids is 1. The third kappa shape index (κ3) is 5.51. The summed E-state index contributed by atoms with van der Waals surface area (Å²) in [5, 5.41) is 14.7. The molecule has 0 aliphatic rings. The molecule has 4 aromatic rings. The van der Waals surface area contributed by atoms with Crippen molar-refractivity contribution in [3.63, 3.8) is 0 Å². The summed E-state index contributed by atoms with van der Waals surface area (Å²) in [7, 11) is 1.56. The van der Waals surface area contributed by atoms with E-state index in [1.807, 2.05) is 62.4 Å². The van der Waals surface area contributed by atoms with E-state index in [-0.39, 0.29) is 5.57 Å². The Bertz CT molecular complexity index is 1460. The highest BCUT2D eigenvalue weighted by Gasteiger charge is 2.13. The fourth-order valence-corrected chi connectivity index (χ4v) is 3.84. The van der Waals surface area contributed by atoms with Gasteiger partial charge in [0, 0.05) is 5.69 Å². The summed E-state index contributed by atoms with van der Waals surface area (Å²) in [6, 6.07) is 27.4. The molecule has 0 aliphatic carbocycles. The van der Waals surface area contributed by atoms with Crippen LogP contribution in [0.25, 0.3) is 16.8 Å². The zero-order valence-electron chi connectivity index (χ0n) is 20.0. The summed E-state index contributed by atoms with van der Waals surface area (Å²) in [4.78, 5) is 12.7. The first-order valence-corrected chi connectivity index (χ1v) is 11.3. The minimum Gasteiger partial charge on any atom is -0.493 e. The average Bonchev–Trinajstić information content (AvgIpc) is 2.88. The SMILES string of the molecule is COc1cc(/C=C(\C#N)C(=O)Nc2cc(C)ccc2C)ccc1OCc1cccc2ccccc12. The van der Waals surface area contributed by atoms with Crippen molar-refractivity contribution < 1.29 is 14.3 Å². The first kappa shape index (κ1) is 23.6. The van der Waals surface area contributed by atoms with E-state index in [9.17, 15) is 10.1 Å². The van der Waals surface area contributed by atoms with Crippen LogP contribution in [0.3, 0.4) is 0 Å². The third-order valence-electron chi connectivity index (χ3n) is 5.77. The van der Waals surface area contributed by atoms with Gasteiger partial charge in [0.2, 0.25) is 0 Å². The predicted octanol–water partition coefficient (Wildman–Crippen LogP) is 6.59. The maximum Gasteiger partial charge on any atom is 0.266 e. The number of anilines is 1. The number of hydrogen-bond donors (Lipinski definition) is 1. The highest BCUT2D eigenvalue weighted by molar-refractivity contribution is 6.10. The van der Waals surface area contributed by atoms with E-state index in [1.54, 1.807) is 25.3 Å². The molecule has 1 amide bonds. The molecule has 5 heteroatoms. The van der Waals surface area contributed by atoms with Crippen molar-refractivity contribution in [2.45, 2.75) is 20.5 Å². The van der Waals surface area contributed by atoms with Crippen LogP contribution in [-0.2, 0) is 11.4 Å². The van der Waals surface area contributed by atoms with Gasteiger partial charge >= 0.3 is 0 Å². The lowest BCUT2D eigenvalue weighted by Gasteiger charge is -2.13. The Labute approximate surface area is 205 Å². The summed E-state index contributed by atoms with van der Waals surface area (Å²) in [5.41, 5.74) is 4.37. The van der Waals surface area contributed by atoms with Crippen molar-refractivity contribution in [1.82, 2.24) is 0 Å². The lowest BCUT2D eigenvalue weighted by molar-refractivity contribution is -0.112. The molecule has 0 unspecified atom stereocenters. The molecule has 0 saturated heterocycles. The van der Waals surface area contributed by atoms with Crippen LogP contribution in [0.5, 0.6) is 11.5 Å². The third-order valence-corrected chi connectivity index (χ3v) is 5.77. The summed E-state index contributed by atoms with van der Waals surface area (Å²) in [6.07, 6.45) is 1.54. The Morgan fingerprint density at radius 3 is 2.57 bits per heavy atom. The number of aryl methyl sites for hydroxylation is 2. The van der Waals surface area contributed by atoms with Gasteiger partial charge in [0.15, 0.2) is 11.5 Å². The van der Waals surface area contributed by atoms with Gasteiger partial charge in [0.05, 0.1) is 7.11 Å². The molecule has 0 radical (unpaired) electrons. The van der Waals surface area contributed by atoms with Crippen molar-refractivity contribution in [3.8, 4) is 17.6 Å². The minimum atomic E-state index is -0.462. The second-order valence-corrected chi connectivity index (χ2v) is 8.28. The molecule has 35 heavy (non-hydrogen) atoms. The van der Waals surface area contributed by atoms with Gasteiger partial charge in [0.1, 0.15) is 18.2 Å². The number of methoxy groups -OCH3 is 1. The first-order chi connectivity index (χ1) is 17.0. The van der Waals surface area contributed by atoms with Crippen molar-refractivity contribution in [2.24, 2.45) is 0 Å². The van der Waals surface area contributed by atoms with Crippen molar-refractivity contribution >= 4 is 28.4 Å². The Kier molecular flexibility index (Phi) is 7.13. The topological polar surface area (TPSA) is 71.3 Å². The summed E-state index contributed by atoms with van der Waals surface area (Å²) in [6.45, 7) is 4.24. The lowest BCUT2D eigenvalue weighted by atomic mass is 10.1. The van der Waals surface area contributed by atoms with Crippen LogP contribution in [0.2, 0.25) is 0 Å². The molecule has 0 heterocycles. The van der Waals surface area contributed by atoms with E-state index in [0.717, 1.165) is 27.5 Å². The molecule has 5 nitrogen and oxygen atoms in total. The number of amides is 1. The van der Waals surface area contributed by atoms with Gasteiger partial charge in [-0.1, -0.05) is 60.7 Å². The Morgan fingerprint density at radius 2 is 1.77 bits per heavy atom. The largest absolute Gasteiger partial charge is 0.493 e. The Balaban J connectivity index is 1.53. The van der Waals surface area contributed by atoms with Crippen LogP contribution < -0.4 is 14.8 Å². The molecule has 1 N–H and O–H groups in total. The molecule has 0 spiro atoms. The lowest BCUT2D eigenvalue weighted by Crippen LogP contribution is -2.14. The monoisotopic (exact) mass is 462 g/mol. The maximum atomic E-state index is 12.7. The maximum absolute atomic E-state index is 12.7. The quantitative estimate of drug-likeness (QED) is 0.248. The van der Waals surface area contributed by atoms with E-state index < -0.39 is 5.91 Å². The number of nitriles is 1. The molecule has 4 rings (SSSR count). The molecule has 174 valence electrons. The van der Waals surface area contributed by atoms with Gasteiger partial charge in [0.25, 0.3) is 5.91 Å². The fourth-order valence-electron chi connectivity index (χ4n) is 3.84.